The van der Waals surface area contributed by atoms with Crippen LogP contribution in [0.15, 0.2) is 60.7 Å². The van der Waals surface area contributed by atoms with Gasteiger partial charge >= 0.3 is 0 Å². The molecule has 272 valence electrons. The van der Waals surface area contributed by atoms with Gasteiger partial charge < -0.3 is 38.2 Å². The number of rotatable bonds is 12. The Morgan fingerprint density at radius 3 is 1.27 bits per heavy atom. The van der Waals surface area contributed by atoms with Gasteiger partial charge in [0.25, 0.3) is 0 Å². The zero-order valence-electron chi connectivity index (χ0n) is 30.4. The van der Waals surface area contributed by atoms with E-state index in [0.29, 0.717) is 33.0 Å². The molecular weight excluding hydrogens is 687 g/mol. The van der Waals surface area contributed by atoms with E-state index in [4.69, 9.17) is 51.6 Å². The average Bonchev–Trinajstić information content (AvgIpc) is 3.47. The highest BCUT2D eigenvalue weighted by Crippen LogP contribution is 2.46. The molecule has 2 aliphatic heterocycles. The number of benzene rings is 4. The molecule has 6 rings (SSSR count). The number of halogens is 2. The molecule has 0 fully saturated rings. The van der Waals surface area contributed by atoms with Gasteiger partial charge in [0.1, 0.15) is 11.5 Å². The Hall–Kier alpha value is -3.82. The van der Waals surface area contributed by atoms with Gasteiger partial charge in [0, 0.05) is 38.0 Å². The standard InChI is InChI=1S/C41H48Cl2N2O6/c1-46-28-12-8-26(9-13-28)34-24-44(20-16-30-32(34)22-36(48-3)40(50-5)38(30)42)18-7-19-45-21-17-31-33(23-37(49-4)41(51-6)39(31)43)35(25-45)27-10-14-29(47-2)15-11-27/h8-15,22-23,34-35H,7,16-21,24-25H2,1-6H3. The first-order chi connectivity index (χ1) is 24.8. The molecule has 2 unspecified atom stereocenters. The molecule has 0 amide bonds. The van der Waals surface area contributed by atoms with Crippen LogP contribution in [0.1, 0.15) is 51.6 Å². The molecule has 0 aromatic heterocycles. The van der Waals surface area contributed by atoms with E-state index in [-0.39, 0.29) is 11.8 Å². The molecule has 51 heavy (non-hydrogen) atoms. The summed E-state index contributed by atoms with van der Waals surface area (Å²) in [5.41, 5.74) is 7.02. The van der Waals surface area contributed by atoms with Gasteiger partial charge in [0.15, 0.2) is 23.0 Å². The molecule has 0 saturated carbocycles. The van der Waals surface area contributed by atoms with E-state index in [1.54, 1.807) is 42.7 Å². The zero-order valence-corrected chi connectivity index (χ0v) is 31.9. The molecule has 2 heterocycles. The predicted molar refractivity (Wildman–Crippen MR) is 204 cm³/mol. The molecule has 2 aliphatic rings. The van der Waals surface area contributed by atoms with Crippen LogP contribution in [0.4, 0.5) is 0 Å². The van der Waals surface area contributed by atoms with Crippen LogP contribution in [-0.2, 0) is 12.8 Å². The van der Waals surface area contributed by atoms with Crippen molar-refractivity contribution in [2.45, 2.75) is 31.1 Å². The summed E-state index contributed by atoms with van der Waals surface area (Å²) in [5.74, 6) is 4.35. The minimum absolute atomic E-state index is 0.102. The second-order valence-electron chi connectivity index (χ2n) is 13.1. The molecule has 0 N–H and O–H groups in total. The highest BCUT2D eigenvalue weighted by atomic mass is 35.5. The van der Waals surface area contributed by atoms with Gasteiger partial charge in [0.2, 0.25) is 0 Å². The van der Waals surface area contributed by atoms with E-state index in [0.717, 1.165) is 81.2 Å². The Morgan fingerprint density at radius 2 is 0.941 bits per heavy atom. The fourth-order valence-corrected chi connectivity index (χ4v) is 8.50. The number of fused-ring (bicyclic) bond motifs is 2. The first-order valence-corrected chi connectivity index (χ1v) is 18.2. The summed E-state index contributed by atoms with van der Waals surface area (Å²) in [6.07, 6.45) is 2.65. The van der Waals surface area contributed by atoms with Crippen molar-refractivity contribution < 1.29 is 28.4 Å². The lowest BCUT2D eigenvalue weighted by molar-refractivity contribution is 0.228. The molecule has 0 bridgehead atoms. The van der Waals surface area contributed by atoms with Gasteiger partial charge in [-0.15, -0.1) is 0 Å². The van der Waals surface area contributed by atoms with E-state index in [9.17, 15) is 0 Å². The third-order valence-corrected chi connectivity index (χ3v) is 11.3. The maximum Gasteiger partial charge on any atom is 0.179 e. The summed E-state index contributed by atoms with van der Waals surface area (Å²) in [4.78, 5) is 5.15. The molecule has 4 aromatic rings. The van der Waals surface area contributed by atoms with E-state index in [1.807, 2.05) is 24.3 Å². The van der Waals surface area contributed by atoms with Crippen LogP contribution in [-0.4, -0.2) is 91.7 Å². The highest BCUT2D eigenvalue weighted by Gasteiger charge is 2.31. The van der Waals surface area contributed by atoms with Crippen molar-refractivity contribution in [2.24, 2.45) is 0 Å². The summed E-state index contributed by atoms with van der Waals surface area (Å²) in [6, 6.07) is 21.0. The van der Waals surface area contributed by atoms with E-state index >= 15 is 0 Å². The van der Waals surface area contributed by atoms with Crippen LogP contribution in [0.2, 0.25) is 10.0 Å². The van der Waals surface area contributed by atoms with Crippen molar-refractivity contribution in [1.29, 1.82) is 0 Å². The molecule has 0 saturated heterocycles. The monoisotopic (exact) mass is 734 g/mol. The van der Waals surface area contributed by atoms with Crippen molar-refractivity contribution in [3.05, 3.63) is 104 Å². The Bertz CT molecular complexity index is 1670. The maximum atomic E-state index is 7.04. The Kier molecular flexibility index (Phi) is 12.1. The summed E-state index contributed by atoms with van der Waals surface area (Å²) in [5, 5.41) is 1.26. The zero-order chi connectivity index (χ0) is 36.1. The third-order valence-electron chi connectivity index (χ3n) is 10.5. The van der Waals surface area contributed by atoms with Gasteiger partial charge in [-0.3, -0.25) is 0 Å². The molecule has 4 aromatic carbocycles. The summed E-state index contributed by atoms with van der Waals surface area (Å²) in [7, 11) is 9.99. The normalized spacial score (nSPS) is 17.8. The molecule has 2 atom stereocenters. The smallest absolute Gasteiger partial charge is 0.179 e. The van der Waals surface area contributed by atoms with Gasteiger partial charge in [-0.25, -0.2) is 0 Å². The number of hydrogen-bond acceptors (Lipinski definition) is 8. The van der Waals surface area contributed by atoms with Gasteiger partial charge in [0.05, 0.1) is 52.7 Å². The van der Waals surface area contributed by atoms with Crippen LogP contribution in [0.3, 0.4) is 0 Å². The molecular formula is C41H48Cl2N2O6. The Morgan fingerprint density at radius 1 is 0.549 bits per heavy atom. The first kappa shape index (κ1) is 37.0. The predicted octanol–water partition coefficient (Wildman–Crippen LogP) is 8.12. The number of ether oxygens (including phenoxy) is 6. The van der Waals surface area contributed by atoms with Crippen LogP contribution < -0.4 is 28.4 Å². The lowest BCUT2D eigenvalue weighted by Crippen LogP contribution is -2.34. The van der Waals surface area contributed by atoms with E-state index in [1.165, 1.54) is 22.3 Å². The van der Waals surface area contributed by atoms with Crippen LogP contribution in [0.25, 0.3) is 0 Å². The van der Waals surface area contributed by atoms with Crippen LogP contribution >= 0.6 is 23.2 Å². The van der Waals surface area contributed by atoms with Gasteiger partial charge in [-0.2, -0.15) is 0 Å². The third kappa shape index (κ3) is 7.70. The topological polar surface area (TPSA) is 61.9 Å². The second kappa shape index (κ2) is 16.7. The molecule has 8 nitrogen and oxygen atoms in total. The first-order valence-electron chi connectivity index (χ1n) is 17.4. The SMILES string of the molecule is COc1ccc(C2CN(CCCN3CCc4c(cc(OC)c(OC)c4Cl)C(c4ccc(OC)cc4)C3)CCc3c2cc(OC)c(OC)c3Cl)cc1. The van der Waals surface area contributed by atoms with Gasteiger partial charge in [-0.1, -0.05) is 47.5 Å². The number of nitrogens with zero attached hydrogens (tertiary/aromatic N) is 2. The number of hydrogen-bond donors (Lipinski definition) is 0. The summed E-state index contributed by atoms with van der Waals surface area (Å²) in [6.45, 7) is 5.41. The lowest BCUT2D eigenvalue weighted by atomic mass is 9.87. The number of methoxy groups -OCH3 is 6. The van der Waals surface area contributed by atoms with Crippen molar-refractivity contribution >= 4 is 23.2 Å². The van der Waals surface area contributed by atoms with Crippen LogP contribution in [0, 0.1) is 0 Å². The lowest BCUT2D eigenvalue weighted by Gasteiger charge is -2.28. The fourth-order valence-electron chi connectivity index (χ4n) is 7.75. The quantitative estimate of drug-likeness (QED) is 0.145. The molecule has 10 heteroatoms. The van der Waals surface area contributed by atoms with Crippen molar-refractivity contribution in [2.75, 3.05) is 81.9 Å². The fraction of sp³-hybridized carbons (Fsp3) is 0.415. The van der Waals surface area contributed by atoms with Crippen LogP contribution in [0.5, 0.6) is 34.5 Å². The largest absolute Gasteiger partial charge is 0.497 e. The molecule has 0 spiro atoms. The van der Waals surface area contributed by atoms with E-state index in [2.05, 4.69) is 46.2 Å². The van der Waals surface area contributed by atoms with Gasteiger partial charge in [-0.05, 0) is 102 Å². The average molecular weight is 736 g/mol. The summed E-state index contributed by atoms with van der Waals surface area (Å²) < 4.78 is 33.8. The van der Waals surface area contributed by atoms with Crippen molar-refractivity contribution in [3.63, 3.8) is 0 Å². The van der Waals surface area contributed by atoms with Crippen molar-refractivity contribution in [3.8, 4) is 34.5 Å². The molecule has 0 radical (unpaired) electrons. The summed E-state index contributed by atoms with van der Waals surface area (Å²) >= 11 is 14.1. The highest BCUT2D eigenvalue weighted by molar-refractivity contribution is 6.33. The van der Waals surface area contributed by atoms with E-state index < -0.39 is 0 Å². The molecule has 0 aliphatic carbocycles. The van der Waals surface area contributed by atoms with Crippen molar-refractivity contribution in [1.82, 2.24) is 9.80 Å². The Labute approximate surface area is 312 Å². The Balaban J connectivity index is 1.24. The minimum Gasteiger partial charge on any atom is -0.497 e. The minimum atomic E-state index is 0.102. The second-order valence-corrected chi connectivity index (χ2v) is 13.8. The maximum absolute atomic E-state index is 7.04.